The number of rotatable bonds is 4. The van der Waals surface area contributed by atoms with Gasteiger partial charge in [-0.2, -0.15) is 4.31 Å². The molecule has 29 heavy (non-hydrogen) atoms. The Balaban J connectivity index is 1.59. The Morgan fingerprint density at radius 2 is 1.79 bits per heavy atom. The lowest BCUT2D eigenvalue weighted by Crippen LogP contribution is -2.49. The predicted molar refractivity (Wildman–Crippen MR) is 110 cm³/mol. The van der Waals surface area contributed by atoms with Gasteiger partial charge in [0.05, 0.1) is 15.9 Å². The van der Waals surface area contributed by atoms with Crippen LogP contribution in [0.3, 0.4) is 0 Å². The van der Waals surface area contributed by atoms with Gasteiger partial charge in [-0.1, -0.05) is 24.1 Å². The number of nitrogens with one attached hydrogen (secondary N) is 3. The number of fused-ring (bicyclic) bond motifs is 1. The van der Waals surface area contributed by atoms with Gasteiger partial charge in [0.1, 0.15) is 6.04 Å². The minimum atomic E-state index is -3.78. The lowest BCUT2D eigenvalue weighted by molar-refractivity contribution is -0.120. The van der Waals surface area contributed by atoms with Crippen molar-refractivity contribution in [2.24, 2.45) is 0 Å². The molecular weight excluding hydrogens is 392 g/mol. The number of carbonyl (C=O) groups excluding carboxylic acids is 1. The van der Waals surface area contributed by atoms with Crippen LogP contribution in [0, 0.1) is 6.92 Å². The molecule has 0 saturated carbocycles. The van der Waals surface area contributed by atoms with E-state index in [-0.39, 0.29) is 16.5 Å². The highest BCUT2D eigenvalue weighted by Crippen LogP contribution is 2.27. The first-order chi connectivity index (χ1) is 13.8. The SMILES string of the molecule is Cc1ccc(S(=O)(=O)N2CCCC[C@@H]2C(=O)Nc2ccc3[nH]c(=O)[nH]c3c2)cc1. The molecule has 2 heterocycles. The van der Waals surface area contributed by atoms with Crippen molar-refractivity contribution >= 4 is 32.7 Å². The summed E-state index contributed by atoms with van der Waals surface area (Å²) in [5, 5.41) is 2.79. The average molecular weight is 414 g/mol. The molecule has 0 aliphatic carbocycles. The predicted octanol–water partition coefficient (Wildman–Crippen LogP) is 2.35. The number of imidazole rings is 1. The number of amides is 1. The van der Waals surface area contributed by atoms with Gasteiger partial charge in [0, 0.05) is 12.2 Å². The van der Waals surface area contributed by atoms with Gasteiger partial charge >= 0.3 is 5.69 Å². The van der Waals surface area contributed by atoms with Crippen molar-refractivity contribution in [2.45, 2.75) is 37.1 Å². The van der Waals surface area contributed by atoms with Gasteiger partial charge in [0.25, 0.3) is 0 Å². The maximum absolute atomic E-state index is 13.1. The molecule has 1 aromatic heterocycles. The van der Waals surface area contributed by atoms with Gasteiger partial charge in [0.15, 0.2) is 0 Å². The molecule has 8 nitrogen and oxygen atoms in total. The van der Waals surface area contributed by atoms with Crippen LogP contribution >= 0.6 is 0 Å². The van der Waals surface area contributed by atoms with Gasteiger partial charge in [-0.25, -0.2) is 13.2 Å². The molecule has 1 saturated heterocycles. The number of benzene rings is 2. The molecule has 0 spiro atoms. The van der Waals surface area contributed by atoms with Crippen LogP contribution in [-0.4, -0.2) is 41.2 Å². The monoisotopic (exact) mass is 414 g/mol. The Morgan fingerprint density at radius 1 is 1.07 bits per heavy atom. The molecule has 1 fully saturated rings. The summed E-state index contributed by atoms with van der Waals surface area (Å²) < 4.78 is 27.6. The number of sulfonamides is 1. The minimum Gasteiger partial charge on any atom is -0.325 e. The Bertz CT molecular complexity index is 1210. The Hall–Kier alpha value is -2.91. The van der Waals surface area contributed by atoms with E-state index >= 15 is 0 Å². The molecule has 3 aromatic rings. The second-order valence-corrected chi connectivity index (χ2v) is 9.16. The highest BCUT2D eigenvalue weighted by Gasteiger charge is 2.37. The van der Waals surface area contributed by atoms with Crippen LogP contribution in [0.25, 0.3) is 11.0 Å². The smallest absolute Gasteiger partial charge is 0.323 e. The number of carbonyl (C=O) groups is 1. The van der Waals surface area contributed by atoms with Crippen LogP contribution in [0.5, 0.6) is 0 Å². The molecule has 2 aromatic carbocycles. The third-order valence-electron chi connectivity index (χ3n) is 5.17. The number of hydrogen-bond donors (Lipinski definition) is 3. The molecule has 0 bridgehead atoms. The van der Waals surface area contributed by atoms with Crippen molar-refractivity contribution in [3.05, 3.63) is 58.5 Å². The molecule has 152 valence electrons. The maximum Gasteiger partial charge on any atom is 0.323 e. The number of nitrogens with zero attached hydrogens (tertiary/aromatic N) is 1. The summed E-state index contributed by atoms with van der Waals surface area (Å²) in [4.78, 5) is 29.8. The van der Waals surface area contributed by atoms with E-state index in [9.17, 15) is 18.0 Å². The van der Waals surface area contributed by atoms with Crippen LogP contribution in [0.1, 0.15) is 24.8 Å². The largest absolute Gasteiger partial charge is 0.325 e. The second kappa shape index (κ2) is 7.49. The van der Waals surface area contributed by atoms with E-state index in [1.807, 2.05) is 6.92 Å². The fourth-order valence-corrected chi connectivity index (χ4v) is 5.29. The minimum absolute atomic E-state index is 0.189. The fraction of sp³-hybridized carbons (Fsp3) is 0.300. The van der Waals surface area contributed by atoms with E-state index in [1.165, 1.54) is 4.31 Å². The first kappa shape index (κ1) is 19.4. The van der Waals surface area contributed by atoms with Crippen LogP contribution in [0.15, 0.2) is 52.2 Å². The number of hydrogen-bond acceptors (Lipinski definition) is 4. The Labute approximate surface area is 168 Å². The first-order valence-corrected chi connectivity index (χ1v) is 10.9. The van der Waals surface area contributed by atoms with E-state index in [2.05, 4.69) is 15.3 Å². The van der Waals surface area contributed by atoms with E-state index in [1.54, 1.807) is 42.5 Å². The molecule has 4 rings (SSSR count). The number of aromatic amines is 2. The zero-order valence-corrected chi connectivity index (χ0v) is 16.8. The lowest BCUT2D eigenvalue weighted by Gasteiger charge is -2.33. The summed E-state index contributed by atoms with van der Waals surface area (Å²) in [5.41, 5.74) is 2.34. The number of piperidine rings is 1. The first-order valence-electron chi connectivity index (χ1n) is 9.46. The number of anilines is 1. The normalized spacial score (nSPS) is 18.0. The highest BCUT2D eigenvalue weighted by atomic mass is 32.2. The maximum atomic E-state index is 13.1. The second-order valence-electron chi connectivity index (χ2n) is 7.27. The molecule has 9 heteroatoms. The van der Waals surface area contributed by atoms with E-state index in [4.69, 9.17) is 0 Å². The van der Waals surface area contributed by atoms with E-state index in [0.29, 0.717) is 36.1 Å². The third-order valence-corrected chi connectivity index (χ3v) is 7.09. The van der Waals surface area contributed by atoms with Gasteiger partial charge in [0.2, 0.25) is 15.9 Å². The van der Waals surface area contributed by atoms with Crippen LogP contribution in [0.4, 0.5) is 5.69 Å². The summed E-state index contributed by atoms with van der Waals surface area (Å²) in [7, 11) is -3.78. The van der Waals surface area contributed by atoms with Crippen molar-refractivity contribution in [1.29, 1.82) is 0 Å². The van der Waals surface area contributed by atoms with Crippen molar-refractivity contribution in [2.75, 3.05) is 11.9 Å². The number of H-pyrrole nitrogens is 2. The van der Waals surface area contributed by atoms with Gasteiger partial charge < -0.3 is 15.3 Å². The van der Waals surface area contributed by atoms with E-state index in [0.717, 1.165) is 12.0 Å². The van der Waals surface area contributed by atoms with Crippen molar-refractivity contribution < 1.29 is 13.2 Å². The standard InChI is InChI=1S/C20H22N4O4S/c1-13-5-8-15(9-6-13)29(27,28)24-11-3-2-4-18(24)19(25)21-14-7-10-16-17(12-14)23-20(26)22-16/h5-10,12,18H,2-4,11H2,1H3,(H,21,25)(H2,22,23,26)/t18-/m1/s1. The van der Waals surface area contributed by atoms with Crippen molar-refractivity contribution in [3.8, 4) is 0 Å². The summed E-state index contributed by atoms with van der Waals surface area (Å²) in [5.74, 6) is -0.377. The van der Waals surface area contributed by atoms with Gasteiger partial charge in [-0.05, 0) is 50.1 Å². The Morgan fingerprint density at radius 3 is 2.55 bits per heavy atom. The molecule has 0 radical (unpaired) electrons. The van der Waals surface area contributed by atoms with Crippen molar-refractivity contribution in [1.82, 2.24) is 14.3 Å². The molecule has 1 amide bonds. The zero-order valence-electron chi connectivity index (χ0n) is 15.9. The molecule has 0 unspecified atom stereocenters. The van der Waals surface area contributed by atoms with Gasteiger partial charge in [-0.3, -0.25) is 4.79 Å². The fourth-order valence-electron chi connectivity index (χ4n) is 3.64. The Kier molecular flexibility index (Phi) is 5.01. The quantitative estimate of drug-likeness (QED) is 0.608. The summed E-state index contributed by atoms with van der Waals surface area (Å²) in [6.45, 7) is 2.20. The summed E-state index contributed by atoms with van der Waals surface area (Å²) >= 11 is 0. The third kappa shape index (κ3) is 3.83. The van der Waals surface area contributed by atoms with Crippen molar-refractivity contribution in [3.63, 3.8) is 0 Å². The highest BCUT2D eigenvalue weighted by molar-refractivity contribution is 7.89. The summed E-state index contributed by atoms with van der Waals surface area (Å²) in [6, 6.07) is 10.9. The van der Waals surface area contributed by atoms with Crippen LogP contribution < -0.4 is 11.0 Å². The zero-order chi connectivity index (χ0) is 20.6. The molecule has 1 aliphatic heterocycles. The lowest BCUT2D eigenvalue weighted by atomic mass is 10.0. The number of aryl methyl sites for hydroxylation is 1. The summed E-state index contributed by atoms with van der Waals surface area (Å²) in [6.07, 6.45) is 1.95. The molecule has 1 aliphatic rings. The molecule has 3 N–H and O–H groups in total. The average Bonchev–Trinajstić information content (AvgIpc) is 3.07. The van der Waals surface area contributed by atoms with Crippen LogP contribution in [-0.2, 0) is 14.8 Å². The van der Waals surface area contributed by atoms with Gasteiger partial charge in [-0.15, -0.1) is 0 Å². The number of aromatic nitrogens is 2. The van der Waals surface area contributed by atoms with E-state index < -0.39 is 16.1 Å². The molecule has 1 atom stereocenters. The van der Waals surface area contributed by atoms with Crippen LogP contribution in [0.2, 0.25) is 0 Å². The topological polar surface area (TPSA) is 115 Å². The molecular formula is C20H22N4O4S.